The lowest BCUT2D eigenvalue weighted by Gasteiger charge is -2.36. The van der Waals surface area contributed by atoms with Crippen molar-refractivity contribution in [3.63, 3.8) is 0 Å². The molecule has 2 aromatic carbocycles. The quantitative estimate of drug-likeness (QED) is 0.348. The fourth-order valence-corrected chi connectivity index (χ4v) is 3.84. The summed E-state index contributed by atoms with van der Waals surface area (Å²) >= 11 is 0. The fraction of sp³-hybridized carbons (Fsp3) is 0.455. The molecule has 0 aromatic heterocycles. The van der Waals surface area contributed by atoms with Gasteiger partial charge < -0.3 is 0 Å². The minimum atomic E-state index is -4.84. The van der Waals surface area contributed by atoms with Gasteiger partial charge in [0.05, 0.1) is 11.1 Å². The second kappa shape index (κ2) is 7.45. The van der Waals surface area contributed by atoms with E-state index >= 15 is 0 Å². The van der Waals surface area contributed by atoms with Crippen LogP contribution >= 0.6 is 0 Å². The number of halogens is 6. The fourth-order valence-electron chi connectivity index (χ4n) is 3.84. The van der Waals surface area contributed by atoms with Crippen molar-refractivity contribution in [3.8, 4) is 11.1 Å². The molecule has 0 saturated carbocycles. The van der Waals surface area contributed by atoms with Crippen LogP contribution in [0.25, 0.3) is 11.1 Å². The molecule has 0 unspecified atom stereocenters. The van der Waals surface area contributed by atoms with Crippen LogP contribution in [0.1, 0.15) is 61.8 Å². The Hall–Kier alpha value is -1.98. The molecule has 0 nitrogen and oxygen atoms in total. The van der Waals surface area contributed by atoms with Crippen molar-refractivity contribution in [2.45, 2.75) is 64.2 Å². The van der Waals surface area contributed by atoms with Gasteiger partial charge in [-0.15, -0.1) is 0 Å². The number of fused-ring (bicyclic) bond motifs is 3. The molecule has 0 fully saturated rings. The molecule has 3 rings (SSSR count). The van der Waals surface area contributed by atoms with Crippen molar-refractivity contribution >= 4 is 0 Å². The average molecular weight is 400 g/mol. The maximum Gasteiger partial charge on any atom is 0.343 e. The summed E-state index contributed by atoms with van der Waals surface area (Å²) in [6, 6.07) is 5.06. The van der Waals surface area contributed by atoms with E-state index in [9.17, 15) is 26.3 Å². The first-order chi connectivity index (χ1) is 13.2. The number of rotatable bonds is 6. The van der Waals surface area contributed by atoms with Crippen LogP contribution in [-0.4, -0.2) is 0 Å². The Morgan fingerprint density at radius 3 is 1.54 bits per heavy atom. The van der Waals surface area contributed by atoms with Gasteiger partial charge in [-0.05, 0) is 41.5 Å². The molecular formula is C22H22F6. The van der Waals surface area contributed by atoms with E-state index in [-0.39, 0.29) is 35.1 Å². The van der Waals surface area contributed by atoms with Crippen LogP contribution < -0.4 is 0 Å². The van der Waals surface area contributed by atoms with Crippen LogP contribution in [0.4, 0.5) is 26.3 Å². The second-order valence-corrected chi connectivity index (χ2v) is 7.28. The highest BCUT2D eigenvalue weighted by molar-refractivity contribution is 5.77. The lowest BCUT2D eigenvalue weighted by atomic mass is 9.78. The first-order valence-electron chi connectivity index (χ1n) is 9.58. The van der Waals surface area contributed by atoms with E-state index in [4.69, 9.17) is 0 Å². The lowest BCUT2D eigenvalue weighted by Crippen LogP contribution is -2.41. The molecule has 28 heavy (non-hydrogen) atoms. The Kier molecular flexibility index (Phi) is 5.52. The number of alkyl halides is 4. The molecule has 1 aliphatic carbocycles. The van der Waals surface area contributed by atoms with Gasteiger partial charge >= 0.3 is 11.8 Å². The number of benzene rings is 2. The van der Waals surface area contributed by atoms with Crippen LogP contribution in [0.2, 0.25) is 0 Å². The summed E-state index contributed by atoms with van der Waals surface area (Å²) < 4.78 is 88.9. The lowest BCUT2D eigenvalue weighted by molar-refractivity contribution is -0.227. The summed E-state index contributed by atoms with van der Waals surface area (Å²) in [7, 11) is 0. The van der Waals surface area contributed by atoms with E-state index in [0.717, 1.165) is 12.8 Å². The van der Waals surface area contributed by atoms with Crippen molar-refractivity contribution in [2.24, 2.45) is 0 Å². The molecule has 0 aliphatic heterocycles. The maximum atomic E-state index is 14.9. The topological polar surface area (TPSA) is 0 Å². The summed E-state index contributed by atoms with van der Waals surface area (Å²) in [4.78, 5) is 0. The van der Waals surface area contributed by atoms with Gasteiger partial charge in [-0.1, -0.05) is 57.4 Å². The summed E-state index contributed by atoms with van der Waals surface area (Å²) in [6.45, 7) is 3.67. The van der Waals surface area contributed by atoms with Crippen molar-refractivity contribution in [1.82, 2.24) is 0 Å². The first-order valence-corrected chi connectivity index (χ1v) is 9.58. The number of aryl methyl sites for hydroxylation is 2. The Balaban J connectivity index is 2.25. The summed E-state index contributed by atoms with van der Waals surface area (Å²) in [6.07, 6.45) is 3.01. The second-order valence-electron chi connectivity index (χ2n) is 7.28. The molecule has 2 aromatic rings. The van der Waals surface area contributed by atoms with Crippen LogP contribution in [0.5, 0.6) is 0 Å². The molecule has 0 bridgehead atoms. The number of unbranched alkanes of at least 4 members (excludes halogenated alkanes) is 2. The number of hydrogen-bond acceptors (Lipinski definition) is 0. The van der Waals surface area contributed by atoms with Gasteiger partial charge in [-0.25, -0.2) is 8.78 Å². The van der Waals surface area contributed by atoms with Gasteiger partial charge in [0.25, 0.3) is 0 Å². The predicted octanol–water partition coefficient (Wildman–Crippen LogP) is 7.51. The van der Waals surface area contributed by atoms with E-state index in [1.54, 1.807) is 6.92 Å². The summed E-state index contributed by atoms with van der Waals surface area (Å²) in [5, 5.41) is 0. The molecule has 1 aliphatic rings. The van der Waals surface area contributed by atoms with Gasteiger partial charge in [0.1, 0.15) is 11.6 Å². The summed E-state index contributed by atoms with van der Waals surface area (Å²) in [5.41, 5.74) is -3.48. The molecule has 6 heteroatoms. The van der Waals surface area contributed by atoms with Crippen molar-refractivity contribution in [3.05, 3.63) is 58.2 Å². The third-order valence-corrected chi connectivity index (χ3v) is 5.33. The zero-order chi connectivity index (χ0) is 20.7. The zero-order valence-electron chi connectivity index (χ0n) is 15.8. The SMILES string of the molecule is CCCCCc1ccc2c(c1F)C(F)(F)C(F)(F)c1c-2ccc(CCC)c1F. The monoisotopic (exact) mass is 400 g/mol. The molecule has 0 spiro atoms. The van der Waals surface area contributed by atoms with Gasteiger partial charge in [-0.2, -0.15) is 17.6 Å². The Morgan fingerprint density at radius 1 is 0.643 bits per heavy atom. The molecule has 0 N–H and O–H groups in total. The molecule has 0 amide bonds. The molecule has 152 valence electrons. The summed E-state index contributed by atoms with van der Waals surface area (Å²) in [5.74, 6) is -12.3. The number of hydrogen-bond donors (Lipinski definition) is 0. The Bertz CT molecular complexity index is 885. The van der Waals surface area contributed by atoms with Crippen molar-refractivity contribution < 1.29 is 26.3 Å². The van der Waals surface area contributed by atoms with E-state index < -0.39 is 34.6 Å². The molecule has 0 heterocycles. The van der Waals surface area contributed by atoms with E-state index in [2.05, 4.69) is 0 Å². The van der Waals surface area contributed by atoms with Gasteiger partial charge in [0.15, 0.2) is 0 Å². The predicted molar refractivity (Wildman–Crippen MR) is 96.8 cm³/mol. The van der Waals surface area contributed by atoms with E-state index in [1.165, 1.54) is 24.3 Å². The van der Waals surface area contributed by atoms with Gasteiger partial charge in [0, 0.05) is 0 Å². The molecule has 0 saturated heterocycles. The Labute approximate surface area is 160 Å². The maximum absolute atomic E-state index is 14.9. The van der Waals surface area contributed by atoms with Crippen LogP contribution in [0, 0.1) is 11.6 Å². The third-order valence-electron chi connectivity index (χ3n) is 5.33. The minimum absolute atomic E-state index is 0.0193. The highest BCUT2D eigenvalue weighted by atomic mass is 19.3. The highest BCUT2D eigenvalue weighted by Gasteiger charge is 2.65. The van der Waals surface area contributed by atoms with Crippen LogP contribution in [-0.2, 0) is 24.7 Å². The normalized spacial score (nSPS) is 16.6. The Morgan fingerprint density at radius 2 is 1.11 bits per heavy atom. The minimum Gasteiger partial charge on any atom is -0.206 e. The van der Waals surface area contributed by atoms with Crippen molar-refractivity contribution in [2.75, 3.05) is 0 Å². The smallest absolute Gasteiger partial charge is 0.206 e. The zero-order valence-corrected chi connectivity index (χ0v) is 15.8. The first kappa shape index (κ1) is 20.7. The van der Waals surface area contributed by atoms with Gasteiger partial charge in [0.2, 0.25) is 0 Å². The molecule has 0 radical (unpaired) electrons. The standard InChI is InChI=1S/C22H22F6/c1-3-5-6-8-14-10-12-16-15-11-9-13(7-4-2)19(23)17(15)21(25,26)22(27,28)18(16)20(14)24/h9-12H,3-8H2,1-2H3. The van der Waals surface area contributed by atoms with Crippen molar-refractivity contribution in [1.29, 1.82) is 0 Å². The largest absolute Gasteiger partial charge is 0.343 e. The highest BCUT2D eigenvalue weighted by Crippen LogP contribution is 2.59. The van der Waals surface area contributed by atoms with Crippen LogP contribution in [0.3, 0.4) is 0 Å². The van der Waals surface area contributed by atoms with E-state index in [0.29, 0.717) is 12.8 Å². The molecular weight excluding hydrogens is 378 g/mol. The van der Waals surface area contributed by atoms with E-state index in [1.807, 2.05) is 6.92 Å². The van der Waals surface area contributed by atoms with Crippen LogP contribution in [0.15, 0.2) is 24.3 Å². The third kappa shape index (κ3) is 3.01. The molecule has 0 atom stereocenters. The van der Waals surface area contributed by atoms with Gasteiger partial charge in [-0.3, -0.25) is 0 Å². The average Bonchev–Trinajstić information content (AvgIpc) is 2.63.